The smallest absolute Gasteiger partial charge is 0.0683 e. The first-order valence-electron chi connectivity index (χ1n) is 11.8. The molecular formula is C33H28. The van der Waals surface area contributed by atoms with E-state index in [1.54, 1.807) is 0 Å². The molecule has 0 fully saturated rings. The molecule has 6 rings (SSSR count). The van der Waals surface area contributed by atoms with Crippen LogP contribution in [0.2, 0.25) is 0 Å². The van der Waals surface area contributed by atoms with Gasteiger partial charge in [0.05, 0.1) is 5.41 Å². The van der Waals surface area contributed by atoms with E-state index in [0.717, 1.165) is 0 Å². The summed E-state index contributed by atoms with van der Waals surface area (Å²) in [5.41, 5.74) is 10.2. The number of benzene rings is 5. The van der Waals surface area contributed by atoms with Crippen molar-refractivity contribution in [3.8, 4) is 22.3 Å². The van der Waals surface area contributed by atoms with E-state index >= 15 is 0 Å². The van der Waals surface area contributed by atoms with Gasteiger partial charge in [0.2, 0.25) is 0 Å². The fraction of sp³-hybridized carbons (Fsp3) is 0.0909. The maximum Gasteiger partial charge on any atom is 0.0719 e. The molecule has 0 aromatic heterocycles. The summed E-state index contributed by atoms with van der Waals surface area (Å²) in [5.74, 6) is 0. The van der Waals surface area contributed by atoms with E-state index in [0.29, 0.717) is 0 Å². The maximum atomic E-state index is 2.31. The van der Waals surface area contributed by atoms with Crippen molar-refractivity contribution in [3.63, 3.8) is 0 Å². The normalized spacial score (nSPS) is 12.8. The lowest BCUT2D eigenvalue weighted by molar-refractivity contribution is 0.770. The van der Waals surface area contributed by atoms with Gasteiger partial charge in [0.25, 0.3) is 0 Å². The average molecular weight is 425 g/mol. The summed E-state index contributed by atoms with van der Waals surface area (Å²) in [6, 6.07) is 48.4. The summed E-state index contributed by atoms with van der Waals surface area (Å²) >= 11 is 0. The fourth-order valence-corrected chi connectivity index (χ4v) is 5.36. The molecule has 0 bridgehead atoms. The Labute approximate surface area is 197 Å². The summed E-state index contributed by atoms with van der Waals surface area (Å²) < 4.78 is 0. The van der Waals surface area contributed by atoms with E-state index in [4.69, 9.17) is 0 Å². The van der Waals surface area contributed by atoms with Crippen LogP contribution in [-0.4, -0.2) is 0 Å². The van der Waals surface area contributed by atoms with Crippen molar-refractivity contribution in [2.75, 3.05) is 0 Å². The third-order valence-corrected chi connectivity index (χ3v) is 6.56. The Bertz CT molecular complexity index is 1310. The van der Waals surface area contributed by atoms with Crippen molar-refractivity contribution in [1.29, 1.82) is 0 Å². The van der Waals surface area contributed by atoms with Crippen molar-refractivity contribution >= 4 is 0 Å². The molecule has 0 atom stereocenters. The molecule has 0 radical (unpaired) electrons. The first-order chi connectivity index (χ1) is 16.4. The first-order valence-corrected chi connectivity index (χ1v) is 11.8. The molecule has 33 heavy (non-hydrogen) atoms. The highest BCUT2D eigenvalue weighted by atomic mass is 14.5. The SMILES string of the molecule is CC.c1ccc(-c2cccc3c2C(c2ccccc2)(c2ccccc2)c2ccccc2-3)cc1. The Morgan fingerprint density at radius 3 is 1.45 bits per heavy atom. The Balaban J connectivity index is 0.00000111. The zero-order chi connectivity index (χ0) is 22.7. The summed E-state index contributed by atoms with van der Waals surface area (Å²) in [7, 11) is 0. The van der Waals surface area contributed by atoms with Crippen LogP contribution in [0.25, 0.3) is 22.3 Å². The van der Waals surface area contributed by atoms with Crippen LogP contribution in [0.15, 0.2) is 133 Å². The molecule has 0 aliphatic heterocycles. The van der Waals surface area contributed by atoms with E-state index in [1.807, 2.05) is 13.8 Å². The van der Waals surface area contributed by atoms with Gasteiger partial charge in [-0.05, 0) is 44.5 Å². The van der Waals surface area contributed by atoms with E-state index in [1.165, 1.54) is 44.5 Å². The van der Waals surface area contributed by atoms with Gasteiger partial charge in [-0.2, -0.15) is 0 Å². The van der Waals surface area contributed by atoms with Gasteiger partial charge in [0.1, 0.15) is 0 Å². The molecule has 0 amide bonds. The van der Waals surface area contributed by atoms with Crippen LogP contribution in [0.1, 0.15) is 36.1 Å². The molecule has 1 aliphatic carbocycles. The molecule has 5 aromatic carbocycles. The van der Waals surface area contributed by atoms with Crippen LogP contribution in [-0.2, 0) is 5.41 Å². The second kappa shape index (κ2) is 8.92. The third-order valence-electron chi connectivity index (χ3n) is 6.56. The van der Waals surface area contributed by atoms with Gasteiger partial charge in [-0.3, -0.25) is 0 Å². The van der Waals surface area contributed by atoms with Crippen molar-refractivity contribution in [3.05, 3.63) is 156 Å². The largest absolute Gasteiger partial charge is 0.0719 e. The van der Waals surface area contributed by atoms with Crippen LogP contribution < -0.4 is 0 Å². The molecule has 0 spiro atoms. The molecule has 0 saturated heterocycles. The molecule has 0 nitrogen and oxygen atoms in total. The molecule has 160 valence electrons. The van der Waals surface area contributed by atoms with E-state index < -0.39 is 0 Å². The summed E-state index contributed by atoms with van der Waals surface area (Å²) in [4.78, 5) is 0. The minimum atomic E-state index is -0.360. The molecule has 0 unspecified atom stereocenters. The van der Waals surface area contributed by atoms with Crippen molar-refractivity contribution in [2.24, 2.45) is 0 Å². The number of rotatable bonds is 3. The molecule has 0 N–H and O–H groups in total. The number of hydrogen-bond acceptors (Lipinski definition) is 0. The monoisotopic (exact) mass is 424 g/mol. The second-order valence-corrected chi connectivity index (χ2v) is 8.12. The number of fused-ring (bicyclic) bond motifs is 3. The van der Waals surface area contributed by atoms with Crippen LogP contribution in [0.3, 0.4) is 0 Å². The van der Waals surface area contributed by atoms with Gasteiger partial charge in [-0.25, -0.2) is 0 Å². The summed E-state index contributed by atoms with van der Waals surface area (Å²) in [5, 5.41) is 0. The van der Waals surface area contributed by atoms with Crippen molar-refractivity contribution in [2.45, 2.75) is 19.3 Å². The summed E-state index contributed by atoms with van der Waals surface area (Å²) in [6.07, 6.45) is 0. The Hall–Kier alpha value is -3.90. The fourth-order valence-electron chi connectivity index (χ4n) is 5.36. The summed E-state index contributed by atoms with van der Waals surface area (Å²) in [6.45, 7) is 4.00. The van der Waals surface area contributed by atoms with Gasteiger partial charge in [-0.15, -0.1) is 0 Å². The Morgan fingerprint density at radius 2 is 0.848 bits per heavy atom. The second-order valence-electron chi connectivity index (χ2n) is 8.12. The van der Waals surface area contributed by atoms with E-state index in [2.05, 4.69) is 133 Å². The third kappa shape index (κ3) is 3.22. The van der Waals surface area contributed by atoms with Gasteiger partial charge >= 0.3 is 0 Å². The predicted molar refractivity (Wildman–Crippen MR) is 141 cm³/mol. The van der Waals surface area contributed by atoms with Gasteiger partial charge < -0.3 is 0 Å². The van der Waals surface area contributed by atoms with E-state index in [9.17, 15) is 0 Å². The van der Waals surface area contributed by atoms with Crippen LogP contribution in [0, 0.1) is 0 Å². The van der Waals surface area contributed by atoms with Crippen LogP contribution in [0.4, 0.5) is 0 Å². The highest BCUT2D eigenvalue weighted by molar-refractivity contribution is 5.92. The number of hydrogen-bond donors (Lipinski definition) is 0. The molecule has 1 aliphatic rings. The predicted octanol–water partition coefficient (Wildman–Crippen LogP) is 8.74. The molecule has 5 aromatic rings. The van der Waals surface area contributed by atoms with Gasteiger partial charge in [0, 0.05) is 0 Å². The molecular weight excluding hydrogens is 396 g/mol. The Kier molecular flexibility index (Phi) is 5.67. The minimum Gasteiger partial charge on any atom is -0.0683 e. The van der Waals surface area contributed by atoms with Crippen LogP contribution in [0.5, 0.6) is 0 Å². The zero-order valence-corrected chi connectivity index (χ0v) is 19.2. The minimum absolute atomic E-state index is 0.360. The lowest BCUT2D eigenvalue weighted by atomic mass is 9.66. The van der Waals surface area contributed by atoms with Gasteiger partial charge in [-0.1, -0.05) is 147 Å². The van der Waals surface area contributed by atoms with Gasteiger partial charge in [0.15, 0.2) is 0 Å². The Morgan fingerprint density at radius 1 is 0.394 bits per heavy atom. The first kappa shape index (κ1) is 21.0. The molecule has 0 heterocycles. The maximum absolute atomic E-state index is 2.31. The van der Waals surface area contributed by atoms with Crippen molar-refractivity contribution in [1.82, 2.24) is 0 Å². The lowest BCUT2D eigenvalue weighted by Crippen LogP contribution is -2.29. The molecule has 0 saturated carbocycles. The zero-order valence-electron chi connectivity index (χ0n) is 19.2. The van der Waals surface area contributed by atoms with E-state index in [-0.39, 0.29) is 5.41 Å². The molecule has 0 heteroatoms. The standard InChI is InChI=1S/C31H22.C2H6/c1-4-13-23(14-5-1)26-20-12-21-28-27-19-10-11-22-29(27)31(30(26)28,24-15-6-2-7-16-24)25-17-8-3-9-18-25;1-2/h1-22H;1-2H3. The topological polar surface area (TPSA) is 0 Å². The average Bonchev–Trinajstić information content (AvgIpc) is 3.23. The quantitative estimate of drug-likeness (QED) is 0.266. The van der Waals surface area contributed by atoms with Crippen LogP contribution >= 0.6 is 0 Å². The highest BCUT2D eigenvalue weighted by Gasteiger charge is 2.47. The highest BCUT2D eigenvalue weighted by Crippen LogP contribution is 2.58. The lowest BCUT2D eigenvalue weighted by Gasteiger charge is -2.35. The van der Waals surface area contributed by atoms with Crippen molar-refractivity contribution < 1.29 is 0 Å².